The Kier molecular flexibility index (Phi) is 2.31. The molecular weight excluding hydrogens is 166 g/mol. The smallest absolute Gasteiger partial charge is 0.146 e. The molecule has 0 radical (unpaired) electrons. The van der Waals surface area contributed by atoms with Gasteiger partial charge in [0.25, 0.3) is 0 Å². The zero-order valence-electron chi connectivity index (χ0n) is 5.47. The molecule has 0 bridgehead atoms. The van der Waals surface area contributed by atoms with Crippen LogP contribution in [0.2, 0.25) is 0 Å². The molecule has 0 fully saturated rings. The molecule has 0 aromatic carbocycles. The zero-order valence-corrected chi connectivity index (χ0v) is 7.04. The predicted molar refractivity (Wildman–Crippen MR) is 43.3 cm³/mol. The van der Waals surface area contributed by atoms with Gasteiger partial charge in [0.1, 0.15) is 5.38 Å². The standard InChI is InChI=1S/C7H6ClNS/c1-5-6(2-3-10-5)7(8)4-9/h2-3,7H,1H3. The largest absolute Gasteiger partial charge is 0.196 e. The second kappa shape index (κ2) is 3.05. The lowest BCUT2D eigenvalue weighted by molar-refractivity contribution is 1.20. The first kappa shape index (κ1) is 7.59. The van der Waals surface area contributed by atoms with Gasteiger partial charge in [0, 0.05) is 4.88 Å². The Labute approximate surface area is 68.9 Å². The molecule has 52 valence electrons. The molecule has 0 aliphatic rings. The highest BCUT2D eigenvalue weighted by molar-refractivity contribution is 7.10. The van der Waals surface area contributed by atoms with Crippen LogP contribution in [0.25, 0.3) is 0 Å². The molecule has 0 aliphatic carbocycles. The molecule has 1 rings (SSSR count). The molecular formula is C7H6ClNS. The molecule has 1 heterocycles. The molecule has 0 spiro atoms. The van der Waals surface area contributed by atoms with Crippen molar-refractivity contribution in [2.75, 3.05) is 0 Å². The minimum atomic E-state index is -0.480. The first-order valence-electron chi connectivity index (χ1n) is 2.83. The van der Waals surface area contributed by atoms with E-state index in [1.54, 1.807) is 11.3 Å². The van der Waals surface area contributed by atoms with Crippen molar-refractivity contribution in [2.24, 2.45) is 0 Å². The molecule has 10 heavy (non-hydrogen) atoms. The SMILES string of the molecule is Cc1sccc1C(Cl)C#N. The van der Waals surface area contributed by atoms with Gasteiger partial charge in [0.05, 0.1) is 6.07 Å². The summed E-state index contributed by atoms with van der Waals surface area (Å²) in [7, 11) is 0. The van der Waals surface area contributed by atoms with Crippen molar-refractivity contribution in [1.29, 1.82) is 5.26 Å². The average Bonchev–Trinajstić information content (AvgIpc) is 2.34. The van der Waals surface area contributed by atoms with Gasteiger partial charge in [-0.2, -0.15) is 5.26 Å². The molecule has 0 N–H and O–H groups in total. The van der Waals surface area contributed by atoms with Gasteiger partial charge in [-0.3, -0.25) is 0 Å². The Morgan fingerprint density at radius 3 is 2.90 bits per heavy atom. The summed E-state index contributed by atoms with van der Waals surface area (Å²) in [5, 5.41) is 9.92. The number of nitrogens with zero attached hydrogens (tertiary/aromatic N) is 1. The highest BCUT2D eigenvalue weighted by atomic mass is 35.5. The fourth-order valence-corrected chi connectivity index (χ4v) is 1.77. The van der Waals surface area contributed by atoms with Gasteiger partial charge in [-0.05, 0) is 23.9 Å². The van der Waals surface area contributed by atoms with Crippen LogP contribution in [0.4, 0.5) is 0 Å². The van der Waals surface area contributed by atoms with E-state index in [0.717, 1.165) is 10.4 Å². The number of hydrogen-bond acceptors (Lipinski definition) is 2. The quantitative estimate of drug-likeness (QED) is 0.597. The van der Waals surface area contributed by atoms with Crippen LogP contribution in [0.3, 0.4) is 0 Å². The Hall–Kier alpha value is -0.520. The number of thiophene rings is 1. The summed E-state index contributed by atoms with van der Waals surface area (Å²) in [4.78, 5) is 1.13. The third kappa shape index (κ3) is 1.31. The molecule has 0 saturated heterocycles. The Morgan fingerprint density at radius 1 is 1.80 bits per heavy atom. The van der Waals surface area contributed by atoms with Crippen LogP contribution >= 0.6 is 22.9 Å². The topological polar surface area (TPSA) is 23.8 Å². The highest BCUT2D eigenvalue weighted by Gasteiger charge is 2.08. The van der Waals surface area contributed by atoms with Crippen molar-refractivity contribution in [3.8, 4) is 6.07 Å². The van der Waals surface area contributed by atoms with Crippen molar-refractivity contribution in [3.63, 3.8) is 0 Å². The number of rotatable bonds is 1. The third-order valence-electron chi connectivity index (χ3n) is 1.29. The number of aryl methyl sites for hydroxylation is 1. The lowest BCUT2D eigenvalue weighted by Crippen LogP contribution is -1.83. The summed E-state index contributed by atoms with van der Waals surface area (Å²) in [6, 6.07) is 3.87. The molecule has 1 unspecified atom stereocenters. The maximum atomic E-state index is 8.45. The first-order valence-corrected chi connectivity index (χ1v) is 4.15. The van der Waals surface area contributed by atoms with Gasteiger partial charge in [-0.1, -0.05) is 0 Å². The van der Waals surface area contributed by atoms with E-state index in [1.807, 2.05) is 24.4 Å². The van der Waals surface area contributed by atoms with E-state index in [0.29, 0.717) is 0 Å². The Bertz CT molecular complexity index is 261. The summed E-state index contributed by atoms with van der Waals surface area (Å²) in [5.74, 6) is 0. The maximum Gasteiger partial charge on any atom is 0.146 e. The Morgan fingerprint density at radius 2 is 2.50 bits per heavy atom. The summed E-state index contributed by atoms with van der Waals surface area (Å²) < 4.78 is 0. The summed E-state index contributed by atoms with van der Waals surface area (Å²) >= 11 is 7.30. The third-order valence-corrected chi connectivity index (χ3v) is 2.48. The summed E-state index contributed by atoms with van der Waals surface area (Å²) in [6.07, 6.45) is 0. The lowest BCUT2D eigenvalue weighted by Gasteiger charge is -1.95. The predicted octanol–water partition coefficient (Wildman–Crippen LogP) is 2.86. The van der Waals surface area contributed by atoms with Crippen LogP contribution in [0.15, 0.2) is 11.4 Å². The number of alkyl halides is 1. The highest BCUT2D eigenvalue weighted by Crippen LogP contribution is 2.26. The summed E-state index contributed by atoms with van der Waals surface area (Å²) in [6.45, 7) is 1.96. The number of hydrogen-bond donors (Lipinski definition) is 0. The molecule has 1 nitrogen and oxygen atoms in total. The first-order chi connectivity index (χ1) is 4.75. The Balaban J connectivity index is 2.96. The van der Waals surface area contributed by atoms with E-state index in [-0.39, 0.29) is 0 Å². The molecule has 0 saturated carbocycles. The van der Waals surface area contributed by atoms with E-state index in [1.165, 1.54) is 0 Å². The van der Waals surface area contributed by atoms with Gasteiger partial charge in [-0.25, -0.2) is 0 Å². The van der Waals surface area contributed by atoms with E-state index in [2.05, 4.69) is 0 Å². The van der Waals surface area contributed by atoms with Crippen LogP contribution in [0, 0.1) is 18.3 Å². The van der Waals surface area contributed by atoms with E-state index in [4.69, 9.17) is 16.9 Å². The maximum absolute atomic E-state index is 8.45. The molecule has 3 heteroatoms. The van der Waals surface area contributed by atoms with E-state index < -0.39 is 5.38 Å². The summed E-state index contributed by atoms with van der Waals surface area (Å²) in [5.41, 5.74) is 0.939. The second-order valence-electron chi connectivity index (χ2n) is 1.92. The average molecular weight is 172 g/mol. The van der Waals surface area contributed by atoms with Crippen molar-refractivity contribution in [2.45, 2.75) is 12.3 Å². The fraction of sp³-hybridized carbons (Fsp3) is 0.286. The fourth-order valence-electron chi connectivity index (χ4n) is 0.727. The van der Waals surface area contributed by atoms with Crippen molar-refractivity contribution >= 4 is 22.9 Å². The van der Waals surface area contributed by atoms with E-state index >= 15 is 0 Å². The normalized spacial score (nSPS) is 12.5. The van der Waals surface area contributed by atoms with Gasteiger partial charge >= 0.3 is 0 Å². The van der Waals surface area contributed by atoms with Gasteiger partial charge in [0.15, 0.2) is 0 Å². The van der Waals surface area contributed by atoms with Gasteiger partial charge in [-0.15, -0.1) is 22.9 Å². The molecule has 0 amide bonds. The molecule has 1 aromatic heterocycles. The van der Waals surface area contributed by atoms with Crippen molar-refractivity contribution in [3.05, 3.63) is 21.9 Å². The van der Waals surface area contributed by atoms with Gasteiger partial charge < -0.3 is 0 Å². The van der Waals surface area contributed by atoms with E-state index in [9.17, 15) is 0 Å². The zero-order chi connectivity index (χ0) is 7.56. The van der Waals surface area contributed by atoms with Crippen LogP contribution in [0.5, 0.6) is 0 Å². The number of nitriles is 1. The molecule has 1 aromatic rings. The van der Waals surface area contributed by atoms with Crippen LogP contribution in [0.1, 0.15) is 15.8 Å². The second-order valence-corrected chi connectivity index (χ2v) is 3.48. The molecule has 0 aliphatic heterocycles. The monoisotopic (exact) mass is 171 g/mol. The van der Waals surface area contributed by atoms with Crippen molar-refractivity contribution < 1.29 is 0 Å². The van der Waals surface area contributed by atoms with Crippen LogP contribution in [-0.2, 0) is 0 Å². The molecule has 1 atom stereocenters. The lowest BCUT2D eigenvalue weighted by atomic mass is 10.2. The van der Waals surface area contributed by atoms with Crippen LogP contribution < -0.4 is 0 Å². The minimum absolute atomic E-state index is 0.480. The number of halogens is 1. The van der Waals surface area contributed by atoms with Crippen molar-refractivity contribution in [1.82, 2.24) is 0 Å². The minimum Gasteiger partial charge on any atom is -0.196 e. The van der Waals surface area contributed by atoms with Crippen LogP contribution in [-0.4, -0.2) is 0 Å². The van der Waals surface area contributed by atoms with Gasteiger partial charge in [0.2, 0.25) is 0 Å².